The topological polar surface area (TPSA) is 101 Å². The fourth-order valence-corrected chi connectivity index (χ4v) is 3.85. The first-order chi connectivity index (χ1) is 15.7. The van der Waals surface area contributed by atoms with Crippen LogP contribution in [0.5, 0.6) is 5.75 Å². The molecule has 0 bridgehead atoms. The molecule has 0 radical (unpaired) electrons. The molecule has 1 aromatic heterocycles. The van der Waals surface area contributed by atoms with E-state index in [4.69, 9.17) is 20.4 Å². The summed E-state index contributed by atoms with van der Waals surface area (Å²) < 4.78 is 65.4. The lowest BCUT2D eigenvalue weighted by Gasteiger charge is -2.20. The monoisotopic (exact) mass is 471 g/mol. The minimum Gasteiger partial charge on any atom is -0.493 e. The van der Waals surface area contributed by atoms with Gasteiger partial charge in [0.15, 0.2) is 5.96 Å². The van der Waals surface area contributed by atoms with E-state index in [1.807, 2.05) is 0 Å². The Labute approximate surface area is 189 Å². The molecule has 2 aromatic rings. The molecule has 0 saturated carbocycles. The molecule has 1 aliphatic heterocycles. The van der Waals surface area contributed by atoms with Gasteiger partial charge in [-0.2, -0.15) is 18.2 Å². The van der Waals surface area contributed by atoms with Gasteiger partial charge in [-0.1, -0.05) is 44.2 Å². The van der Waals surface area contributed by atoms with Crippen molar-refractivity contribution in [3.63, 3.8) is 0 Å². The van der Waals surface area contributed by atoms with Gasteiger partial charge in [-0.05, 0) is 24.6 Å². The SMILES string of the molecule is CCCCCCCCOc1ccc(-c2noc(C3CC(F)CN3C(=N)N)n2)cc1C(F)(F)F. The van der Waals surface area contributed by atoms with E-state index in [9.17, 15) is 17.6 Å². The lowest BCUT2D eigenvalue weighted by molar-refractivity contribution is -0.138. The van der Waals surface area contributed by atoms with Crippen molar-refractivity contribution in [3.8, 4) is 17.1 Å². The highest BCUT2D eigenvalue weighted by molar-refractivity contribution is 5.75. The van der Waals surface area contributed by atoms with Gasteiger partial charge in [0.05, 0.1) is 18.7 Å². The minimum absolute atomic E-state index is 0.000235. The average molecular weight is 471 g/mol. The number of guanidine groups is 1. The fraction of sp³-hybridized carbons (Fsp3) is 0.591. The lowest BCUT2D eigenvalue weighted by atomic mass is 10.1. The van der Waals surface area contributed by atoms with Crippen LogP contribution >= 0.6 is 0 Å². The van der Waals surface area contributed by atoms with Crippen LogP contribution in [0.3, 0.4) is 0 Å². The quantitative estimate of drug-likeness (QED) is 0.206. The number of hydrogen-bond donors (Lipinski definition) is 2. The van der Waals surface area contributed by atoms with E-state index in [2.05, 4.69) is 17.1 Å². The molecule has 182 valence electrons. The molecule has 3 N–H and O–H groups in total. The van der Waals surface area contributed by atoms with Crippen LogP contribution < -0.4 is 10.5 Å². The van der Waals surface area contributed by atoms with Gasteiger partial charge in [-0.25, -0.2) is 4.39 Å². The van der Waals surface area contributed by atoms with Gasteiger partial charge in [0.1, 0.15) is 18.0 Å². The predicted molar refractivity (Wildman–Crippen MR) is 114 cm³/mol. The van der Waals surface area contributed by atoms with Gasteiger partial charge in [0, 0.05) is 12.0 Å². The molecule has 1 fully saturated rings. The minimum atomic E-state index is -4.63. The number of ether oxygens (including phenoxy) is 1. The number of rotatable bonds is 10. The summed E-state index contributed by atoms with van der Waals surface area (Å²) in [5.41, 5.74) is 4.65. The van der Waals surface area contributed by atoms with Crippen LogP contribution in [0.4, 0.5) is 17.6 Å². The third-order valence-electron chi connectivity index (χ3n) is 5.58. The number of unbranched alkanes of at least 4 members (excludes halogenated alkanes) is 5. The molecule has 2 unspecified atom stereocenters. The van der Waals surface area contributed by atoms with E-state index >= 15 is 0 Å². The molecule has 0 aliphatic carbocycles. The van der Waals surface area contributed by atoms with Crippen molar-refractivity contribution in [2.24, 2.45) is 5.73 Å². The standard InChI is InChI=1S/C22H29F4N5O2/c1-2-3-4-5-6-7-10-32-18-9-8-14(11-16(18)22(24,25)26)19-29-20(33-30-19)17-12-15(23)13-31(17)21(27)28/h8-9,11,15,17H,2-7,10,12-13H2,1H3,(H3,27,28). The number of benzene rings is 1. The molecular weight excluding hydrogens is 442 g/mol. The van der Waals surface area contributed by atoms with Crippen molar-refractivity contribution in [2.45, 2.75) is 70.3 Å². The number of nitrogens with zero attached hydrogens (tertiary/aromatic N) is 3. The Balaban J connectivity index is 1.72. The van der Waals surface area contributed by atoms with Crippen molar-refractivity contribution >= 4 is 5.96 Å². The Bertz CT molecular complexity index is 934. The van der Waals surface area contributed by atoms with E-state index in [-0.39, 0.29) is 48.6 Å². The van der Waals surface area contributed by atoms with Crippen LogP contribution in [0.25, 0.3) is 11.4 Å². The molecule has 2 heterocycles. The Hall–Kier alpha value is -2.85. The summed E-state index contributed by atoms with van der Waals surface area (Å²) in [4.78, 5) is 5.43. The van der Waals surface area contributed by atoms with Gasteiger partial charge < -0.3 is 19.9 Å². The normalized spacial score (nSPS) is 18.6. The highest BCUT2D eigenvalue weighted by Crippen LogP contribution is 2.39. The van der Waals surface area contributed by atoms with Crippen LogP contribution in [0.15, 0.2) is 22.7 Å². The molecule has 33 heavy (non-hydrogen) atoms. The molecule has 0 spiro atoms. The van der Waals surface area contributed by atoms with Gasteiger partial charge in [0.25, 0.3) is 0 Å². The number of hydrogen-bond acceptors (Lipinski definition) is 5. The predicted octanol–water partition coefficient (Wildman–Crippen LogP) is 5.47. The zero-order valence-electron chi connectivity index (χ0n) is 18.5. The van der Waals surface area contributed by atoms with E-state index in [1.165, 1.54) is 17.0 Å². The Morgan fingerprint density at radius 2 is 1.97 bits per heavy atom. The molecule has 11 heteroatoms. The first kappa shape index (κ1) is 24.8. The molecule has 1 aromatic carbocycles. The van der Waals surface area contributed by atoms with Crippen molar-refractivity contribution in [2.75, 3.05) is 13.2 Å². The van der Waals surface area contributed by atoms with Gasteiger partial charge in [-0.3, -0.25) is 5.41 Å². The summed E-state index contributed by atoms with van der Waals surface area (Å²) in [5.74, 6) is -0.658. The molecule has 7 nitrogen and oxygen atoms in total. The van der Waals surface area contributed by atoms with Crippen LogP contribution in [0.2, 0.25) is 0 Å². The van der Waals surface area contributed by atoms with E-state index in [0.29, 0.717) is 6.42 Å². The van der Waals surface area contributed by atoms with Gasteiger partial charge in [0.2, 0.25) is 11.7 Å². The highest BCUT2D eigenvalue weighted by Gasteiger charge is 2.38. The average Bonchev–Trinajstić information content (AvgIpc) is 3.39. The Kier molecular flexibility index (Phi) is 8.15. The van der Waals surface area contributed by atoms with Crippen molar-refractivity contribution in [1.29, 1.82) is 5.41 Å². The number of halogens is 4. The van der Waals surface area contributed by atoms with Crippen molar-refractivity contribution in [1.82, 2.24) is 15.0 Å². The Morgan fingerprint density at radius 3 is 2.67 bits per heavy atom. The molecular formula is C22H29F4N5O2. The number of alkyl halides is 4. The summed E-state index contributed by atoms with van der Waals surface area (Å²) in [5, 5.41) is 11.3. The van der Waals surface area contributed by atoms with E-state index < -0.39 is 24.0 Å². The number of nitrogens with one attached hydrogen (secondary N) is 1. The fourth-order valence-electron chi connectivity index (χ4n) is 3.85. The maximum absolute atomic E-state index is 13.8. The van der Waals surface area contributed by atoms with Gasteiger partial charge >= 0.3 is 6.18 Å². The first-order valence-electron chi connectivity index (χ1n) is 11.1. The molecule has 1 aliphatic rings. The third kappa shape index (κ3) is 6.35. The van der Waals surface area contributed by atoms with Crippen LogP contribution in [-0.2, 0) is 6.18 Å². The zero-order valence-corrected chi connectivity index (χ0v) is 18.5. The lowest BCUT2D eigenvalue weighted by Crippen LogP contribution is -2.36. The molecule has 1 saturated heterocycles. The van der Waals surface area contributed by atoms with Crippen LogP contribution in [-0.4, -0.2) is 40.3 Å². The summed E-state index contributed by atoms with van der Waals surface area (Å²) in [7, 11) is 0. The second-order valence-electron chi connectivity index (χ2n) is 8.17. The smallest absolute Gasteiger partial charge is 0.419 e. The maximum Gasteiger partial charge on any atom is 0.419 e. The molecule has 0 amide bonds. The number of nitrogens with two attached hydrogens (primary N) is 1. The number of aromatic nitrogens is 2. The van der Waals surface area contributed by atoms with Crippen LogP contribution in [0, 0.1) is 5.41 Å². The molecule has 3 rings (SSSR count). The summed E-state index contributed by atoms with van der Waals surface area (Å²) >= 11 is 0. The number of likely N-dealkylation sites (tertiary alicyclic amines) is 1. The van der Waals surface area contributed by atoms with E-state index in [1.54, 1.807) is 0 Å². The van der Waals surface area contributed by atoms with Crippen molar-refractivity contribution in [3.05, 3.63) is 29.7 Å². The molecule has 2 atom stereocenters. The second-order valence-corrected chi connectivity index (χ2v) is 8.17. The maximum atomic E-state index is 13.8. The largest absolute Gasteiger partial charge is 0.493 e. The summed E-state index contributed by atoms with van der Waals surface area (Å²) in [6, 6.07) is 2.86. The summed E-state index contributed by atoms with van der Waals surface area (Å²) in [6.07, 6.45) is 0.165. The Morgan fingerprint density at radius 1 is 1.24 bits per heavy atom. The van der Waals surface area contributed by atoms with Crippen molar-refractivity contribution < 1.29 is 26.8 Å². The first-order valence-corrected chi connectivity index (χ1v) is 11.1. The zero-order chi connectivity index (χ0) is 24.0. The summed E-state index contributed by atoms with van der Waals surface area (Å²) in [6.45, 7) is 2.24. The highest BCUT2D eigenvalue weighted by atomic mass is 19.4. The second kappa shape index (κ2) is 10.8. The van der Waals surface area contributed by atoms with E-state index in [0.717, 1.165) is 38.2 Å². The third-order valence-corrected chi connectivity index (χ3v) is 5.58. The van der Waals surface area contributed by atoms with Crippen LogP contribution in [0.1, 0.15) is 69.4 Å². The van der Waals surface area contributed by atoms with Gasteiger partial charge in [-0.15, -0.1) is 0 Å².